The minimum absolute atomic E-state index is 0.143. The van der Waals surface area contributed by atoms with E-state index in [1.54, 1.807) is 0 Å². The first-order chi connectivity index (χ1) is 4.70. The fraction of sp³-hybridized carbons (Fsp3) is 1.00. The van der Waals surface area contributed by atoms with Crippen molar-refractivity contribution < 1.29 is 5.11 Å². The Morgan fingerprint density at radius 1 is 1.60 bits per heavy atom. The average molecular weight is 146 g/mol. The van der Waals surface area contributed by atoms with Crippen LogP contribution >= 0.6 is 0 Å². The molecule has 0 saturated heterocycles. The van der Waals surface area contributed by atoms with Gasteiger partial charge in [0.15, 0.2) is 0 Å². The van der Waals surface area contributed by atoms with Crippen molar-refractivity contribution in [2.45, 2.75) is 25.9 Å². The summed E-state index contributed by atoms with van der Waals surface area (Å²) in [6, 6.07) is 0. The van der Waals surface area contributed by atoms with Gasteiger partial charge in [0.2, 0.25) is 0 Å². The van der Waals surface area contributed by atoms with E-state index >= 15 is 0 Å². The third kappa shape index (κ3) is 4.73. The molecule has 0 fully saturated rings. The molecule has 10 heavy (non-hydrogen) atoms. The zero-order valence-electron chi connectivity index (χ0n) is 7.09. The predicted octanol–water partition coefficient (Wildman–Crippen LogP) is 0.214. The largest absolute Gasteiger partial charge is 0.393 e. The second-order valence-corrected chi connectivity index (χ2v) is 2.50. The minimum Gasteiger partial charge on any atom is -0.393 e. The van der Waals surface area contributed by atoms with E-state index in [-0.39, 0.29) is 6.10 Å². The van der Waals surface area contributed by atoms with E-state index in [0.717, 1.165) is 19.4 Å². The number of aliphatic hydroxyl groups excluding tert-OH is 1. The molecule has 0 aliphatic heterocycles. The zero-order valence-corrected chi connectivity index (χ0v) is 7.09. The molecule has 62 valence electrons. The second-order valence-electron chi connectivity index (χ2n) is 2.50. The zero-order chi connectivity index (χ0) is 7.98. The molecule has 0 aromatic rings. The quantitative estimate of drug-likeness (QED) is 0.544. The van der Waals surface area contributed by atoms with Crippen molar-refractivity contribution in [3.05, 3.63) is 0 Å². The molecule has 0 bridgehead atoms. The molecular formula is C7H18N2O. The number of nitrogens with zero attached hydrogens (tertiary/aromatic N) is 1. The first kappa shape index (κ1) is 9.88. The molecule has 0 aromatic heterocycles. The van der Waals surface area contributed by atoms with Crippen LogP contribution in [0.25, 0.3) is 0 Å². The number of hydrogen-bond donors (Lipinski definition) is 2. The van der Waals surface area contributed by atoms with Crippen molar-refractivity contribution in [3.63, 3.8) is 0 Å². The lowest BCUT2D eigenvalue weighted by Gasteiger charge is -2.16. The Morgan fingerprint density at radius 2 is 2.20 bits per heavy atom. The summed E-state index contributed by atoms with van der Waals surface area (Å²) in [4.78, 5) is 0. The van der Waals surface area contributed by atoms with Crippen LogP contribution < -0.4 is 5.43 Å². The molecule has 2 N–H and O–H groups in total. The van der Waals surface area contributed by atoms with E-state index < -0.39 is 0 Å². The van der Waals surface area contributed by atoms with Gasteiger partial charge in [-0.3, -0.25) is 5.43 Å². The lowest BCUT2D eigenvalue weighted by molar-refractivity contribution is 0.133. The molecule has 0 rings (SSSR count). The Balaban J connectivity index is 3.17. The van der Waals surface area contributed by atoms with Crippen molar-refractivity contribution >= 4 is 0 Å². The van der Waals surface area contributed by atoms with E-state index in [2.05, 4.69) is 5.43 Å². The van der Waals surface area contributed by atoms with Crippen LogP contribution in [-0.2, 0) is 0 Å². The van der Waals surface area contributed by atoms with Gasteiger partial charge in [-0.05, 0) is 19.9 Å². The van der Waals surface area contributed by atoms with E-state index in [0.29, 0.717) is 0 Å². The number of rotatable bonds is 5. The molecule has 3 heteroatoms. The van der Waals surface area contributed by atoms with Crippen LogP contribution in [0.15, 0.2) is 0 Å². The Morgan fingerprint density at radius 3 is 2.60 bits per heavy atom. The van der Waals surface area contributed by atoms with Crippen molar-refractivity contribution in [1.29, 1.82) is 0 Å². The highest BCUT2D eigenvalue weighted by atomic mass is 16.3. The summed E-state index contributed by atoms with van der Waals surface area (Å²) in [6.45, 7) is 2.88. The van der Waals surface area contributed by atoms with Crippen LogP contribution in [0.3, 0.4) is 0 Å². The third-order valence-corrected chi connectivity index (χ3v) is 1.65. The number of nitrogens with one attached hydrogen (secondary N) is 1. The molecule has 1 unspecified atom stereocenters. The molecule has 0 saturated carbocycles. The van der Waals surface area contributed by atoms with Crippen LogP contribution in [0.5, 0.6) is 0 Å². The molecule has 0 aliphatic carbocycles. The summed E-state index contributed by atoms with van der Waals surface area (Å²) >= 11 is 0. The molecule has 0 radical (unpaired) electrons. The lowest BCUT2D eigenvalue weighted by atomic mass is 10.2. The molecule has 0 aromatic carbocycles. The Kier molecular flexibility index (Phi) is 5.58. The van der Waals surface area contributed by atoms with Gasteiger partial charge in [0, 0.05) is 13.6 Å². The third-order valence-electron chi connectivity index (χ3n) is 1.65. The molecule has 0 heterocycles. The summed E-state index contributed by atoms with van der Waals surface area (Å²) in [7, 11) is 3.83. The van der Waals surface area contributed by atoms with Crippen LogP contribution in [0, 0.1) is 0 Å². The minimum atomic E-state index is -0.143. The van der Waals surface area contributed by atoms with Crippen molar-refractivity contribution in [1.82, 2.24) is 10.4 Å². The Hall–Kier alpha value is -0.120. The number of aliphatic hydroxyl groups is 1. The van der Waals surface area contributed by atoms with E-state index in [1.807, 2.05) is 26.0 Å². The van der Waals surface area contributed by atoms with Gasteiger partial charge < -0.3 is 5.11 Å². The summed E-state index contributed by atoms with van der Waals surface area (Å²) in [5.41, 5.74) is 2.97. The highest BCUT2D eigenvalue weighted by molar-refractivity contribution is 4.53. The Labute approximate surface area is 63.0 Å². The van der Waals surface area contributed by atoms with Crippen LogP contribution in [0.2, 0.25) is 0 Å². The van der Waals surface area contributed by atoms with Gasteiger partial charge in [0.25, 0.3) is 0 Å². The molecule has 0 amide bonds. The van der Waals surface area contributed by atoms with Gasteiger partial charge in [-0.25, -0.2) is 5.01 Å². The number of hydrazine groups is 1. The monoisotopic (exact) mass is 146 g/mol. The van der Waals surface area contributed by atoms with Crippen LogP contribution in [0.4, 0.5) is 0 Å². The Bertz CT molecular complexity index is 68.0. The first-order valence-corrected chi connectivity index (χ1v) is 3.77. The predicted molar refractivity (Wildman–Crippen MR) is 42.6 cm³/mol. The normalized spacial score (nSPS) is 14.1. The summed E-state index contributed by atoms with van der Waals surface area (Å²) in [6.07, 6.45) is 1.54. The van der Waals surface area contributed by atoms with Gasteiger partial charge in [-0.2, -0.15) is 0 Å². The van der Waals surface area contributed by atoms with Crippen molar-refractivity contribution in [2.75, 3.05) is 20.6 Å². The maximum Gasteiger partial charge on any atom is 0.0550 e. The summed E-state index contributed by atoms with van der Waals surface area (Å²) in [5, 5.41) is 11.1. The van der Waals surface area contributed by atoms with E-state index in [4.69, 9.17) is 5.11 Å². The highest BCUT2D eigenvalue weighted by Gasteiger charge is 2.01. The molecular weight excluding hydrogens is 128 g/mol. The SMILES string of the molecule is CCC(O)CCN(C)NC. The second kappa shape index (κ2) is 5.65. The van der Waals surface area contributed by atoms with E-state index in [1.165, 1.54) is 0 Å². The van der Waals surface area contributed by atoms with Gasteiger partial charge in [-0.15, -0.1) is 0 Å². The molecule has 0 spiro atoms. The maximum absolute atomic E-state index is 9.15. The van der Waals surface area contributed by atoms with Crippen molar-refractivity contribution in [2.24, 2.45) is 0 Å². The van der Waals surface area contributed by atoms with Crippen LogP contribution in [0.1, 0.15) is 19.8 Å². The fourth-order valence-corrected chi connectivity index (χ4v) is 0.659. The average Bonchev–Trinajstić information content (AvgIpc) is 1.99. The van der Waals surface area contributed by atoms with Gasteiger partial charge >= 0.3 is 0 Å². The fourth-order valence-electron chi connectivity index (χ4n) is 0.659. The van der Waals surface area contributed by atoms with Gasteiger partial charge in [-0.1, -0.05) is 6.92 Å². The summed E-state index contributed by atoms with van der Waals surface area (Å²) < 4.78 is 0. The highest BCUT2D eigenvalue weighted by Crippen LogP contribution is 1.95. The smallest absolute Gasteiger partial charge is 0.0550 e. The topological polar surface area (TPSA) is 35.5 Å². The maximum atomic E-state index is 9.15. The van der Waals surface area contributed by atoms with Gasteiger partial charge in [0.05, 0.1) is 6.10 Å². The summed E-state index contributed by atoms with van der Waals surface area (Å²) in [5.74, 6) is 0. The first-order valence-electron chi connectivity index (χ1n) is 3.77. The number of hydrogen-bond acceptors (Lipinski definition) is 3. The molecule has 1 atom stereocenters. The van der Waals surface area contributed by atoms with Crippen LogP contribution in [-0.4, -0.2) is 36.9 Å². The molecule has 0 aliphatic rings. The van der Waals surface area contributed by atoms with Gasteiger partial charge in [0.1, 0.15) is 0 Å². The standard InChI is InChI=1S/C7H18N2O/c1-4-7(10)5-6-9(3)8-2/h7-8,10H,4-6H2,1-3H3. The lowest BCUT2D eigenvalue weighted by Crippen LogP contribution is -2.33. The molecule has 3 nitrogen and oxygen atoms in total. The van der Waals surface area contributed by atoms with Crippen molar-refractivity contribution in [3.8, 4) is 0 Å². The van der Waals surface area contributed by atoms with E-state index in [9.17, 15) is 0 Å².